The number of para-hydroxylation sites is 1. The van der Waals surface area contributed by atoms with Crippen LogP contribution in [-0.2, 0) is 16.4 Å². The van der Waals surface area contributed by atoms with E-state index in [1.807, 2.05) is 44.2 Å². The molecule has 1 aliphatic rings. The summed E-state index contributed by atoms with van der Waals surface area (Å²) in [6.07, 6.45) is 0.460. The molecule has 29 heavy (non-hydrogen) atoms. The molecule has 3 aromatic carbocycles. The Hall–Kier alpha value is -3.18. The van der Waals surface area contributed by atoms with E-state index in [4.69, 9.17) is 0 Å². The highest BCUT2D eigenvalue weighted by atomic mass is 32.2. The Kier molecular flexibility index (Phi) is 4.63. The number of hydrogen-bond acceptors (Lipinski definition) is 3. The molecule has 5 heteroatoms. The number of sulfonamides is 1. The van der Waals surface area contributed by atoms with E-state index in [1.165, 1.54) is 0 Å². The summed E-state index contributed by atoms with van der Waals surface area (Å²) >= 11 is 0. The number of aryl methyl sites for hydroxylation is 2. The third kappa shape index (κ3) is 3.17. The highest BCUT2D eigenvalue weighted by Crippen LogP contribution is 2.37. The molecule has 4 nitrogen and oxygen atoms in total. The Balaban J connectivity index is 2.03. The van der Waals surface area contributed by atoms with Crippen LogP contribution in [0.25, 0.3) is 5.57 Å². The monoisotopic (exact) mass is 403 g/mol. The van der Waals surface area contributed by atoms with E-state index in [0.717, 1.165) is 26.6 Å². The van der Waals surface area contributed by atoms with Crippen LogP contribution in [0, 0.1) is 13.8 Å². The van der Waals surface area contributed by atoms with E-state index >= 15 is 0 Å². The van der Waals surface area contributed by atoms with Gasteiger partial charge in [0.1, 0.15) is 0 Å². The number of anilines is 1. The maximum Gasteiger partial charge on any atom is 0.272 e. The van der Waals surface area contributed by atoms with Gasteiger partial charge in [-0.3, -0.25) is 4.79 Å². The van der Waals surface area contributed by atoms with Gasteiger partial charge in [0.15, 0.2) is 0 Å². The van der Waals surface area contributed by atoms with Gasteiger partial charge < -0.3 is 0 Å². The summed E-state index contributed by atoms with van der Waals surface area (Å²) in [6, 6.07) is 19.1. The number of allylic oxidation sites excluding steroid dienone is 1. The molecule has 0 radical (unpaired) electrons. The molecule has 0 spiro atoms. The fraction of sp³-hybridized carbons (Fsp3) is 0.125. The summed E-state index contributed by atoms with van der Waals surface area (Å²) in [5, 5.41) is 0. The minimum atomic E-state index is -4.11. The predicted molar refractivity (Wildman–Crippen MR) is 116 cm³/mol. The van der Waals surface area contributed by atoms with Crippen molar-refractivity contribution in [1.82, 2.24) is 0 Å². The highest BCUT2D eigenvalue weighted by Gasteiger charge is 2.36. The molecule has 3 aromatic rings. The minimum Gasteiger partial charge on any atom is -0.268 e. The molecule has 1 heterocycles. The van der Waals surface area contributed by atoms with Gasteiger partial charge in [-0.15, -0.1) is 0 Å². The Morgan fingerprint density at radius 3 is 2.21 bits per heavy atom. The molecule has 0 aliphatic carbocycles. The smallest absolute Gasteiger partial charge is 0.268 e. The largest absolute Gasteiger partial charge is 0.272 e. The van der Waals surface area contributed by atoms with Crippen molar-refractivity contribution >= 4 is 27.2 Å². The van der Waals surface area contributed by atoms with Crippen LogP contribution < -0.4 is 4.31 Å². The average molecular weight is 404 g/mol. The number of carbonyl (C=O) groups excluding carboxylic acids is 1. The van der Waals surface area contributed by atoms with Gasteiger partial charge >= 0.3 is 0 Å². The van der Waals surface area contributed by atoms with Gasteiger partial charge in [-0.1, -0.05) is 60.7 Å². The fourth-order valence-electron chi connectivity index (χ4n) is 3.71. The Bertz CT molecular complexity index is 1240. The lowest BCUT2D eigenvalue weighted by Gasteiger charge is -2.30. The second-order valence-electron chi connectivity index (χ2n) is 7.30. The molecule has 1 amide bonds. The van der Waals surface area contributed by atoms with Crippen molar-refractivity contribution in [3.63, 3.8) is 0 Å². The first-order chi connectivity index (χ1) is 13.8. The molecule has 4 rings (SSSR count). The molecular weight excluding hydrogens is 382 g/mol. The predicted octanol–water partition coefficient (Wildman–Crippen LogP) is 4.91. The van der Waals surface area contributed by atoms with Gasteiger partial charge in [0.05, 0.1) is 10.6 Å². The van der Waals surface area contributed by atoms with Gasteiger partial charge in [0.25, 0.3) is 15.9 Å². The summed E-state index contributed by atoms with van der Waals surface area (Å²) in [7, 11) is -4.11. The number of rotatable bonds is 2. The summed E-state index contributed by atoms with van der Waals surface area (Å²) in [5.41, 5.74) is 4.63. The van der Waals surface area contributed by atoms with Crippen molar-refractivity contribution in [3.8, 4) is 0 Å². The van der Waals surface area contributed by atoms with Crippen molar-refractivity contribution < 1.29 is 13.2 Å². The topological polar surface area (TPSA) is 54.5 Å². The van der Waals surface area contributed by atoms with Crippen LogP contribution in [0.2, 0.25) is 0 Å². The fourth-order valence-corrected chi connectivity index (χ4v) is 5.22. The van der Waals surface area contributed by atoms with Gasteiger partial charge in [-0.2, -0.15) is 4.31 Å². The van der Waals surface area contributed by atoms with Crippen LogP contribution in [0.1, 0.15) is 32.6 Å². The Morgan fingerprint density at radius 2 is 1.52 bits per heavy atom. The second kappa shape index (κ2) is 7.01. The zero-order valence-electron chi connectivity index (χ0n) is 16.3. The molecule has 0 bridgehead atoms. The molecule has 0 unspecified atom stereocenters. The van der Waals surface area contributed by atoms with E-state index in [9.17, 15) is 13.2 Å². The number of hydrogen-bond donors (Lipinski definition) is 0. The lowest BCUT2D eigenvalue weighted by molar-refractivity contribution is 0.100. The third-order valence-corrected chi connectivity index (χ3v) is 6.91. The van der Waals surface area contributed by atoms with Gasteiger partial charge in [-0.05, 0) is 60.7 Å². The van der Waals surface area contributed by atoms with E-state index in [2.05, 4.69) is 6.58 Å². The number of benzene rings is 3. The van der Waals surface area contributed by atoms with Crippen LogP contribution in [0.3, 0.4) is 0 Å². The van der Waals surface area contributed by atoms with Crippen LogP contribution in [-0.4, -0.2) is 14.3 Å². The summed E-state index contributed by atoms with van der Waals surface area (Å²) in [4.78, 5) is 13.7. The summed E-state index contributed by atoms with van der Waals surface area (Å²) in [6.45, 7) is 7.86. The van der Waals surface area contributed by atoms with Gasteiger partial charge in [0, 0.05) is 5.56 Å². The zero-order chi connectivity index (χ0) is 20.8. The Morgan fingerprint density at radius 1 is 0.862 bits per heavy atom. The molecular formula is C24H21NO3S. The molecule has 1 aliphatic heterocycles. The number of amides is 1. The molecule has 0 fully saturated rings. The van der Waals surface area contributed by atoms with E-state index in [0.29, 0.717) is 23.2 Å². The van der Waals surface area contributed by atoms with E-state index in [1.54, 1.807) is 36.4 Å². The minimum absolute atomic E-state index is 0.0857. The van der Waals surface area contributed by atoms with Crippen LogP contribution >= 0.6 is 0 Å². The lowest BCUT2D eigenvalue weighted by atomic mass is 9.91. The first-order valence-corrected chi connectivity index (χ1v) is 10.8. The third-order valence-electron chi connectivity index (χ3n) is 5.21. The maximum absolute atomic E-state index is 13.7. The van der Waals surface area contributed by atoms with Crippen molar-refractivity contribution in [2.45, 2.75) is 25.2 Å². The van der Waals surface area contributed by atoms with Crippen LogP contribution in [0.5, 0.6) is 0 Å². The van der Waals surface area contributed by atoms with E-state index in [-0.39, 0.29) is 4.90 Å². The highest BCUT2D eigenvalue weighted by molar-refractivity contribution is 7.93. The number of carbonyl (C=O) groups is 1. The van der Waals surface area contributed by atoms with Crippen LogP contribution in [0.4, 0.5) is 5.69 Å². The standard InChI is InChI=1S/C24H21NO3S/c1-16-11-13-20(14-12-16)29(27,28)25-23-17(2)7-6-8-19(23)15-18(3)21-9-4-5-10-22(21)24(25)26/h4-14H,3,15H2,1-2H3. The molecule has 146 valence electrons. The first kappa shape index (κ1) is 19.2. The Labute approximate surface area is 171 Å². The van der Waals surface area contributed by atoms with Crippen LogP contribution in [0.15, 0.2) is 78.2 Å². The van der Waals surface area contributed by atoms with E-state index < -0.39 is 15.9 Å². The lowest BCUT2D eigenvalue weighted by Crippen LogP contribution is -2.39. The van der Waals surface area contributed by atoms with Crippen molar-refractivity contribution in [1.29, 1.82) is 0 Å². The number of fused-ring (bicyclic) bond motifs is 2. The summed E-state index contributed by atoms with van der Waals surface area (Å²) in [5.74, 6) is -0.572. The van der Waals surface area contributed by atoms with Gasteiger partial charge in [0.2, 0.25) is 0 Å². The van der Waals surface area contributed by atoms with Gasteiger partial charge in [-0.25, -0.2) is 8.42 Å². The zero-order valence-corrected chi connectivity index (χ0v) is 17.2. The number of nitrogens with zero attached hydrogens (tertiary/aromatic N) is 1. The quantitative estimate of drug-likeness (QED) is 0.611. The molecule has 0 N–H and O–H groups in total. The first-order valence-electron chi connectivity index (χ1n) is 9.32. The molecule has 0 atom stereocenters. The molecule has 0 aromatic heterocycles. The average Bonchev–Trinajstić information content (AvgIpc) is 2.69. The maximum atomic E-state index is 13.7. The van der Waals surface area contributed by atoms with Crippen molar-refractivity contribution in [2.24, 2.45) is 0 Å². The second-order valence-corrected chi connectivity index (χ2v) is 9.08. The molecule has 0 saturated carbocycles. The SMILES string of the molecule is C=C1Cc2cccc(C)c2N(S(=O)(=O)c2ccc(C)cc2)C(=O)c2ccccc21. The molecule has 0 saturated heterocycles. The van der Waals surface area contributed by atoms with Crippen molar-refractivity contribution in [2.75, 3.05) is 4.31 Å². The normalized spacial score (nSPS) is 14.1. The van der Waals surface area contributed by atoms with Crippen molar-refractivity contribution in [3.05, 3.63) is 101 Å². The summed E-state index contributed by atoms with van der Waals surface area (Å²) < 4.78 is 28.3.